The highest BCUT2D eigenvalue weighted by Crippen LogP contribution is 2.35. The van der Waals surface area contributed by atoms with E-state index in [1.807, 2.05) is 0 Å². The van der Waals surface area contributed by atoms with Gasteiger partial charge in [0.15, 0.2) is 0 Å². The first-order valence-corrected chi connectivity index (χ1v) is 7.89. The molecule has 0 aliphatic carbocycles. The molecule has 4 aromatic rings. The van der Waals surface area contributed by atoms with Crippen molar-refractivity contribution in [1.29, 1.82) is 0 Å². The molecular weight excluding hydrogens is 252 g/mol. The van der Waals surface area contributed by atoms with Crippen LogP contribution in [-0.2, 0) is 0 Å². The summed E-state index contributed by atoms with van der Waals surface area (Å²) in [7, 11) is 0. The zero-order valence-corrected chi connectivity index (χ0v) is 13.1. The second-order valence-corrected chi connectivity index (χ2v) is 5.74. The van der Waals surface area contributed by atoms with Gasteiger partial charge in [0, 0.05) is 0 Å². The van der Waals surface area contributed by atoms with Crippen LogP contribution in [0.2, 0.25) is 0 Å². The Hall–Kier alpha value is -2.08. The van der Waals surface area contributed by atoms with E-state index in [1.54, 1.807) is 0 Å². The highest BCUT2D eigenvalue weighted by atomic mass is 14.1. The van der Waals surface area contributed by atoms with Crippen LogP contribution < -0.4 is 0 Å². The van der Waals surface area contributed by atoms with Crippen molar-refractivity contribution in [3.8, 4) is 0 Å². The lowest BCUT2D eigenvalue weighted by molar-refractivity contribution is 0.886. The average Bonchev–Trinajstić information content (AvgIpc) is 2.54. The number of benzene rings is 4. The molecule has 0 unspecified atom stereocenters. The molecule has 0 amide bonds. The van der Waals surface area contributed by atoms with Gasteiger partial charge < -0.3 is 0 Å². The molecule has 0 heterocycles. The van der Waals surface area contributed by atoms with Crippen molar-refractivity contribution >= 4 is 32.3 Å². The van der Waals surface area contributed by atoms with Crippen molar-refractivity contribution in [2.75, 3.05) is 0 Å². The van der Waals surface area contributed by atoms with Crippen molar-refractivity contribution in [3.05, 3.63) is 60.2 Å². The van der Waals surface area contributed by atoms with Crippen LogP contribution in [0, 0.1) is 6.92 Å². The van der Waals surface area contributed by atoms with Crippen molar-refractivity contribution in [3.63, 3.8) is 0 Å². The molecule has 0 saturated carbocycles. The topological polar surface area (TPSA) is 0 Å². The Bertz CT molecular complexity index is 853. The highest BCUT2D eigenvalue weighted by molar-refractivity contribution is 6.23. The summed E-state index contributed by atoms with van der Waals surface area (Å²) in [6.45, 7) is 6.55. The lowest BCUT2D eigenvalue weighted by Gasteiger charge is -2.11. The van der Waals surface area contributed by atoms with E-state index in [9.17, 15) is 0 Å². The standard InChI is InChI=1S/C17H12.C4H10/c1-11-5-6-14-8-7-12-3-2-4-13-9-10-15(11)17(14)16(12)13;1-3-4-2/h2-10H,1H3;3-4H2,1-2H3. The Morgan fingerprint density at radius 3 is 1.76 bits per heavy atom. The van der Waals surface area contributed by atoms with Gasteiger partial charge in [-0.05, 0) is 44.8 Å². The second kappa shape index (κ2) is 5.73. The molecule has 0 aliphatic rings. The van der Waals surface area contributed by atoms with Crippen LogP contribution in [0.5, 0.6) is 0 Å². The summed E-state index contributed by atoms with van der Waals surface area (Å²) >= 11 is 0. The predicted octanol–water partition coefficient (Wildman–Crippen LogP) is 6.70. The Balaban J connectivity index is 0.000000298. The third kappa shape index (κ3) is 2.35. The smallest absolute Gasteiger partial charge is 0.00241 e. The van der Waals surface area contributed by atoms with E-state index in [4.69, 9.17) is 0 Å². The van der Waals surface area contributed by atoms with Gasteiger partial charge in [0.25, 0.3) is 0 Å². The van der Waals surface area contributed by atoms with E-state index in [2.05, 4.69) is 75.4 Å². The maximum Gasteiger partial charge on any atom is -0.00241 e. The van der Waals surface area contributed by atoms with E-state index in [0.717, 1.165) is 0 Å². The Morgan fingerprint density at radius 2 is 1.14 bits per heavy atom. The molecule has 21 heavy (non-hydrogen) atoms. The van der Waals surface area contributed by atoms with Gasteiger partial charge in [0.2, 0.25) is 0 Å². The van der Waals surface area contributed by atoms with Crippen molar-refractivity contribution < 1.29 is 0 Å². The second-order valence-electron chi connectivity index (χ2n) is 5.74. The summed E-state index contributed by atoms with van der Waals surface area (Å²) in [6.07, 6.45) is 2.64. The normalized spacial score (nSPS) is 11.0. The van der Waals surface area contributed by atoms with E-state index < -0.39 is 0 Å². The summed E-state index contributed by atoms with van der Waals surface area (Å²) in [5.41, 5.74) is 1.36. The van der Waals surface area contributed by atoms with Crippen LogP contribution >= 0.6 is 0 Å². The maximum atomic E-state index is 2.25. The fourth-order valence-corrected chi connectivity index (χ4v) is 2.88. The molecule has 0 fully saturated rings. The lowest BCUT2D eigenvalue weighted by atomic mass is 9.92. The summed E-state index contributed by atoms with van der Waals surface area (Å²) in [5.74, 6) is 0. The van der Waals surface area contributed by atoms with Crippen molar-refractivity contribution in [2.24, 2.45) is 0 Å². The number of hydrogen-bond donors (Lipinski definition) is 0. The van der Waals surface area contributed by atoms with Gasteiger partial charge in [0.05, 0.1) is 0 Å². The van der Waals surface area contributed by atoms with E-state index in [1.165, 1.54) is 50.7 Å². The molecule has 0 spiro atoms. The molecule has 0 aliphatic heterocycles. The minimum Gasteiger partial charge on any atom is -0.0654 e. The summed E-state index contributed by atoms with van der Waals surface area (Å²) in [5, 5.41) is 8.23. The van der Waals surface area contributed by atoms with Crippen LogP contribution in [-0.4, -0.2) is 0 Å². The van der Waals surface area contributed by atoms with Crippen LogP contribution in [0.25, 0.3) is 32.3 Å². The molecule has 0 saturated heterocycles. The molecule has 0 heteroatoms. The third-order valence-electron chi connectivity index (χ3n) is 4.25. The van der Waals surface area contributed by atoms with Gasteiger partial charge in [-0.1, -0.05) is 81.3 Å². The molecule has 0 nitrogen and oxygen atoms in total. The van der Waals surface area contributed by atoms with E-state index in [0.29, 0.717) is 0 Å². The molecule has 0 aromatic heterocycles. The first kappa shape index (κ1) is 13.9. The van der Waals surface area contributed by atoms with Crippen molar-refractivity contribution in [2.45, 2.75) is 33.6 Å². The summed E-state index contributed by atoms with van der Waals surface area (Å²) in [4.78, 5) is 0. The third-order valence-corrected chi connectivity index (χ3v) is 4.25. The first-order chi connectivity index (χ1) is 10.3. The quantitative estimate of drug-likeness (QED) is 0.339. The highest BCUT2D eigenvalue weighted by Gasteiger charge is 2.08. The Morgan fingerprint density at radius 1 is 0.619 bits per heavy atom. The minimum atomic E-state index is 1.32. The number of hydrogen-bond acceptors (Lipinski definition) is 0. The monoisotopic (exact) mass is 274 g/mol. The first-order valence-electron chi connectivity index (χ1n) is 7.89. The number of rotatable bonds is 1. The van der Waals surface area contributed by atoms with Gasteiger partial charge in [0.1, 0.15) is 0 Å². The SMILES string of the molecule is CCCC.Cc1ccc2ccc3cccc4ccc1c2c34. The molecule has 0 atom stereocenters. The van der Waals surface area contributed by atoms with Crippen LogP contribution in [0.15, 0.2) is 54.6 Å². The number of aryl methyl sites for hydroxylation is 1. The maximum absolute atomic E-state index is 2.25. The van der Waals surface area contributed by atoms with Gasteiger partial charge in [-0.2, -0.15) is 0 Å². The van der Waals surface area contributed by atoms with Gasteiger partial charge in [-0.25, -0.2) is 0 Å². The Labute approximate surface area is 126 Å². The van der Waals surface area contributed by atoms with Gasteiger partial charge in [-0.15, -0.1) is 0 Å². The molecule has 0 radical (unpaired) electrons. The van der Waals surface area contributed by atoms with Crippen LogP contribution in [0.3, 0.4) is 0 Å². The molecule has 4 rings (SSSR count). The fourth-order valence-electron chi connectivity index (χ4n) is 2.88. The Kier molecular flexibility index (Phi) is 3.79. The molecule has 106 valence electrons. The van der Waals surface area contributed by atoms with Crippen LogP contribution in [0.4, 0.5) is 0 Å². The largest absolute Gasteiger partial charge is 0.0654 e. The van der Waals surface area contributed by atoms with Crippen LogP contribution in [0.1, 0.15) is 32.3 Å². The lowest BCUT2D eigenvalue weighted by Crippen LogP contribution is -1.85. The van der Waals surface area contributed by atoms with Crippen molar-refractivity contribution in [1.82, 2.24) is 0 Å². The number of unbranched alkanes of at least 4 members (excludes halogenated alkanes) is 1. The van der Waals surface area contributed by atoms with Gasteiger partial charge >= 0.3 is 0 Å². The predicted molar refractivity (Wildman–Crippen MR) is 95.5 cm³/mol. The molecular formula is C21H22. The van der Waals surface area contributed by atoms with Gasteiger partial charge in [-0.3, -0.25) is 0 Å². The van der Waals surface area contributed by atoms with E-state index >= 15 is 0 Å². The fraction of sp³-hybridized carbons (Fsp3) is 0.238. The zero-order chi connectivity index (χ0) is 14.8. The minimum absolute atomic E-state index is 1.32. The van der Waals surface area contributed by atoms with E-state index in [-0.39, 0.29) is 0 Å². The zero-order valence-electron chi connectivity index (χ0n) is 13.1. The summed E-state index contributed by atoms with van der Waals surface area (Å²) < 4.78 is 0. The molecule has 0 N–H and O–H groups in total. The average molecular weight is 274 g/mol. The molecule has 4 aromatic carbocycles. The molecule has 0 bridgehead atoms. The summed E-state index contributed by atoms with van der Waals surface area (Å²) in [6, 6.07) is 19.9.